The van der Waals surface area contributed by atoms with Crippen molar-refractivity contribution >= 4 is 39.1 Å². The molecule has 0 aliphatic rings. The fourth-order valence-corrected chi connectivity index (χ4v) is 1.84. The van der Waals surface area contributed by atoms with Crippen molar-refractivity contribution in [3.05, 3.63) is 51.7 Å². The van der Waals surface area contributed by atoms with E-state index in [2.05, 4.69) is 26.2 Å². The molecule has 1 aromatic carbocycles. The van der Waals surface area contributed by atoms with Crippen molar-refractivity contribution in [2.45, 2.75) is 0 Å². The Morgan fingerprint density at radius 2 is 2.11 bits per heavy atom. The van der Waals surface area contributed by atoms with Gasteiger partial charge in [0.05, 0.1) is 5.02 Å². The summed E-state index contributed by atoms with van der Waals surface area (Å²) in [5.41, 5.74) is 0.776. The number of nitrogens with zero attached hydrogens (tertiary/aromatic N) is 1. The summed E-state index contributed by atoms with van der Waals surface area (Å²) in [6.07, 6.45) is 0. The Kier molecular flexibility index (Phi) is 3.84. The average molecular weight is 328 g/mol. The van der Waals surface area contributed by atoms with Gasteiger partial charge in [0, 0.05) is 5.69 Å². The van der Waals surface area contributed by atoms with E-state index in [9.17, 15) is 9.90 Å². The topological polar surface area (TPSA) is 62.2 Å². The number of halogens is 2. The van der Waals surface area contributed by atoms with Gasteiger partial charge in [-0.15, -0.1) is 0 Å². The lowest BCUT2D eigenvalue weighted by Gasteiger charge is -2.06. The number of amides is 1. The molecule has 18 heavy (non-hydrogen) atoms. The zero-order valence-electron chi connectivity index (χ0n) is 9.02. The number of nitrogens with one attached hydrogen (secondary N) is 1. The van der Waals surface area contributed by atoms with Crippen LogP contribution in [0.5, 0.6) is 5.75 Å². The minimum Gasteiger partial charge on any atom is -0.506 e. The van der Waals surface area contributed by atoms with Gasteiger partial charge < -0.3 is 10.4 Å². The van der Waals surface area contributed by atoms with Gasteiger partial charge in [-0.25, -0.2) is 4.98 Å². The largest absolute Gasteiger partial charge is 0.506 e. The first kappa shape index (κ1) is 12.9. The number of anilines is 1. The third kappa shape index (κ3) is 3.00. The van der Waals surface area contributed by atoms with Crippen LogP contribution in [-0.4, -0.2) is 16.0 Å². The lowest BCUT2D eigenvalue weighted by atomic mass is 10.3. The molecule has 1 amide bonds. The number of phenolic OH excluding ortho intramolecular Hbond substituents is 1. The second kappa shape index (κ2) is 5.37. The maximum Gasteiger partial charge on any atom is 0.274 e. The molecule has 4 nitrogen and oxygen atoms in total. The lowest BCUT2D eigenvalue weighted by molar-refractivity contribution is 0.102. The third-order valence-electron chi connectivity index (χ3n) is 2.15. The Labute approximate surface area is 117 Å². The number of hydrogen-bond donors (Lipinski definition) is 2. The summed E-state index contributed by atoms with van der Waals surface area (Å²) < 4.78 is 0.582. The van der Waals surface area contributed by atoms with E-state index in [1.165, 1.54) is 12.1 Å². The van der Waals surface area contributed by atoms with Gasteiger partial charge in [0.2, 0.25) is 0 Å². The van der Waals surface area contributed by atoms with Crippen molar-refractivity contribution in [3.8, 4) is 5.75 Å². The Bertz CT molecular complexity index is 604. The van der Waals surface area contributed by atoms with E-state index in [0.29, 0.717) is 10.3 Å². The van der Waals surface area contributed by atoms with E-state index in [-0.39, 0.29) is 22.4 Å². The van der Waals surface area contributed by atoms with Crippen molar-refractivity contribution in [3.63, 3.8) is 0 Å². The monoisotopic (exact) mass is 326 g/mol. The molecule has 1 heterocycles. The molecule has 1 aromatic heterocycles. The van der Waals surface area contributed by atoms with Crippen LogP contribution in [-0.2, 0) is 0 Å². The summed E-state index contributed by atoms with van der Waals surface area (Å²) in [5.74, 6) is -0.381. The summed E-state index contributed by atoms with van der Waals surface area (Å²) in [7, 11) is 0. The minimum atomic E-state index is -0.349. The van der Waals surface area contributed by atoms with E-state index in [1.54, 1.807) is 24.3 Å². The lowest BCUT2D eigenvalue weighted by Crippen LogP contribution is -2.13. The van der Waals surface area contributed by atoms with Crippen LogP contribution < -0.4 is 5.32 Å². The van der Waals surface area contributed by atoms with Crippen molar-refractivity contribution in [1.82, 2.24) is 4.98 Å². The number of carbonyl (C=O) groups excluding carboxylic acids is 1. The highest BCUT2D eigenvalue weighted by molar-refractivity contribution is 9.10. The van der Waals surface area contributed by atoms with Gasteiger partial charge in [-0.3, -0.25) is 4.79 Å². The first-order valence-electron chi connectivity index (χ1n) is 4.98. The van der Waals surface area contributed by atoms with Gasteiger partial charge >= 0.3 is 0 Å². The maximum absolute atomic E-state index is 11.9. The molecule has 0 bridgehead atoms. The Morgan fingerprint density at radius 3 is 2.78 bits per heavy atom. The summed E-state index contributed by atoms with van der Waals surface area (Å²) in [6, 6.07) is 9.47. The number of rotatable bonds is 2. The van der Waals surface area contributed by atoms with Crippen molar-refractivity contribution in [2.24, 2.45) is 0 Å². The van der Waals surface area contributed by atoms with Crippen LogP contribution in [0.2, 0.25) is 5.02 Å². The molecule has 6 heteroatoms. The second-order valence-electron chi connectivity index (χ2n) is 3.47. The van der Waals surface area contributed by atoms with E-state index < -0.39 is 0 Å². The zero-order valence-corrected chi connectivity index (χ0v) is 11.4. The molecule has 0 aliphatic carbocycles. The molecule has 0 aliphatic heterocycles. The highest BCUT2D eigenvalue weighted by Gasteiger charge is 2.09. The smallest absolute Gasteiger partial charge is 0.274 e. The predicted molar refractivity (Wildman–Crippen MR) is 73.0 cm³/mol. The SMILES string of the molecule is O=C(Nc1ccc(O)c(Cl)c1)c1cccc(Br)n1. The standard InChI is InChI=1S/C12H8BrClN2O2/c13-11-3-1-2-9(16-11)12(18)15-7-4-5-10(17)8(14)6-7/h1-6,17H,(H,15,18). The molecule has 2 rings (SSSR count). The van der Waals surface area contributed by atoms with E-state index in [4.69, 9.17) is 11.6 Å². The van der Waals surface area contributed by atoms with Crippen LogP contribution in [0.15, 0.2) is 41.0 Å². The van der Waals surface area contributed by atoms with Gasteiger partial charge in [0.25, 0.3) is 5.91 Å². The summed E-state index contributed by atoms with van der Waals surface area (Å²) >= 11 is 8.94. The first-order valence-corrected chi connectivity index (χ1v) is 6.16. The summed E-state index contributed by atoms with van der Waals surface area (Å²) in [4.78, 5) is 15.9. The number of pyridine rings is 1. The number of aromatic hydroxyl groups is 1. The number of carbonyl (C=O) groups is 1. The number of hydrogen-bond acceptors (Lipinski definition) is 3. The number of aromatic nitrogens is 1. The van der Waals surface area contributed by atoms with Crippen molar-refractivity contribution in [2.75, 3.05) is 5.32 Å². The molecule has 0 fully saturated rings. The zero-order chi connectivity index (χ0) is 13.1. The Morgan fingerprint density at radius 1 is 1.33 bits per heavy atom. The first-order chi connectivity index (χ1) is 8.56. The highest BCUT2D eigenvalue weighted by atomic mass is 79.9. The molecule has 0 saturated heterocycles. The van der Waals surface area contributed by atoms with Crippen LogP contribution >= 0.6 is 27.5 Å². The summed E-state index contributed by atoms with van der Waals surface area (Å²) in [5, 5.41) is 12.1. The van der Waals surface area contributed by atoms with Crippen LogP contribution in [0, 0.1) is 0 Å². The van der Waals surface area contributed by atoms with Crippen molar-refractivity contribution in [1.29, 1.82) is 0 Å². The quantitative estimate of drug-likeness (QED) is 0.656. The fourth-order valence-electron chi connectivity index (χ4n) is 1.31. The molecule has 92 valence electrons. The molecular weight excluding hydrogens is 320 g/mol. The van der Waals surface area contributed by atoms with Crippen molar-refractivity contribution < 1.29 is 9.90 Å². The Hall–Kier alpha value is -1.59. The third-order valence-corrected chi connectivity index (χ3v) is 2.90. The predicted octanol–water partition coefficient (Wildman–Crippen LogP) is 3.46. The normalized spacial score (nSPS) is 10.1. The molecule has 2 aromatic rings. The molecule has 0 saturated carbocycles. The van der Waals surface area contributed by atoms with Crippen LogP contribution in [0.3, 0.4) is 0 Å². The van der Waals surface area contributed by atoms with Crippen LogP contribution in [0.25, 0.3) is 0 Å². The van der Waals surface area contributed by atoms with Crippen LogP contribution in [0.1, 0.15) is 10.5 Å². The van der Waals surface area contributed by atoms with Crippen LogP contribution in [0.4, 0.5) is 5.69 Å². The second-order valence-corrected chi connectivity index (χ2v) is 4.69. The summed E-state index contributed by atoms with van der Waals surface area (Å²) in [6.45, 7) is 0. The van der Waals surface area contributed by atoms with E-state index in [0.717, 1.165) is 0 Å². The maximum atomic E-state index is 11.9. The number of phenols is 1. The molecule has 0 radical (unpaired) electrons. The molecule has 0 unspecified atom stereocenters. The van der Waals surface area contributed by atoms with Gasteiger partial charge in [-0.1, -0.05) is 17.7 Å². The average Bonchev–Trinajstić information content (AvgIpc) is 2.34. The van der Waals surface area contributed by atoms with Gasteiger partial charge in [-0.2, -0.15) is 0 Å². The fraction of sp³-hybridized carbons (Fsp3) is 0. The van der Waals surface area contributed by atoms with E-state index >= 15 is 0 Å². The number of benzene rings is 1. The van der Waals surface area contributed by atoms with E-state index in [1.807, 2.05) is 0 Å². The Balaban J connectivity index is 2.18. The molecule has 0 atom stereocenters. The molecule has 2 N–H and O–H groups in total. The van der Waals surface area contributed by atoms with Gasteiger partial charge in [0.15, 0.2) is 0 Å². The highest BCUT2D eigenvalue weighted by Crippen LogP contribution is 2.26. The molecule has 0 spiro atoms. The van der Waals surface area contributed by atoms with Gasteiger partial charge in [0.1, 0.15) is 16.0 Å². The molecular formula is C12H8BrClN2O2. The minimum absolute atomic E-state index is 0.0322. The van der Waals surface area contributed by atoms with Gasteiger partial charge in [-0.05, 0) is 46.3 Å².